The van der Waals surface area contributed by atoms with Crippen LogP contribution in [0.1, 0.15) is 64.5 Å². The predicted molar refractivity (Wildman–Crippen MR) is 118 cm³/mol. The Morgan fingerprint density at radius 3 is 2.63 bits per heavy atom. The second-order valence-electron chi connectivity index (χ2n) is 8.11. The first-order chi connectivity index (χ1) is 14.3. The molecule has 30 heavy (non-hydrogen) atoms. The molecule has 2 aromatic heterocycles. The molecule has 1 aliphatic carbocycles. The van der Waals surface area contributed by atoms with E-state index >= 15 is 0 Å². The Kier molecular flexibility index (Phi) is 5.19. The first kappa shape index (κ1) is 20.3. The highest BCUT2D eigenvalue weighted by atomic mass is 32.1. The standard InChI is InChI=1S/C22H24N4O3S/c1-11(2)26-22(29)14-7-5-4-6-13(14)18(25-26)20(28)24-21-17(19(23)27)15-9-8-12(3)10-16(15)30-21/h4-7,11-12H,8-10H2,1-3H3,(H2,23,27)(H,24,28)/t12-/m1/s1. The van der Waals surface area contributed by atoms with Gasteiger partial charge in [0.05, 0.1) is 17.0 Å². The largest absolute Gasteiger partial charge is 0.365 e. The maximum Gasteiger partial charge on any atom is 0.277 e. The average Bonchev–Trinajstić information content (AvgIpc) is 3.05. The number of anilines is 1. The predicted octanol–water partition coefficient (Wildman–Crippen LogP) is 3.51. The van der Waals surface area contributed by atoms with Gasteiger partial charge in [0.2, 0.25) is 0 Å². The zero-order valence-corrected chi connectivity index (χ0v) is 18.0. The molecule has 2 heterocycles. The molecule has 2 amide bonds. The Morgan fingerprint density at radius 1 is 1.27 bits per heavy atom. The number of benzene rings is 1. The van der Waals surface area contributed by atoms with Gasteiger partial charge in [-0.25, -0.2) is 4.68 Å². The molecule has 1 aromatic carbocycles. The minimum Gasteiger partial charge on any atom is -0.365 e. The van der Waals surface area contributed by atoms with Gasteiger partial charge in [-0.05, 0) is 50.7 Å². The highest BCUT2D eigenvalue weighted by Crippen LogP contribution is 2.39. The highest BCUT2D eigenvalue weighted by molar-refractivity contribution is 7.17. The molecule has 8 heteroatoms. The summed E-state index contributed by atoms with van der Waals surface area (Å²) in [6.45, 7) is 5.85. The third kappa shape index (κ3) is 3.41. The van der Waals surface area contributed by atoms with E-state index in [-0.39, 0.29) is 17.3 Å². The number of amides is 2. The van der Waals surface area contributed by atoms with Gasteiger partial charge in [-0.15, -0.1) is 11.3 Å². The summed E-state index contributed by atoms with van der Waals surface area (Å²) in [5, 5.41) is 8.57. The lowest BCUT2D eigenvalue weighted by Gasteiger charge is -2.18. The molecule has 1 aliphatic rings. The zero-order valence-electron chi connectivity index (χ0n) is 17.2. The molecule has 0 bridgehead atoms. The molecule has 0 unspecified atom stereocenters. The average molecular weight is 425 g/mol. The van der Waals surface area contributed by atoms with E-state index < -0.39 is 11.8 Å². The molecule has 4 rings (SSSR count). The number of nitrogens with zero attached hydrogens (tertiary/aromatic N) is 2. The van der Waals surface area contributed by atoms with Crippen molar-refractivity contribution in [3.8, 4) is 0 Å². The van der Waals surface area contributed by atoms with E-state index in [9.17, 15) is 14.4 Å². The molecule has 0 fully saturated rings. The SMILES string of the molecule is CC(C)n1nc(C(=O)Nc2sc3c(c2C(N)=O)CC[C@@H](C)C3)c2ccccc2c1=O. The van der Waals surface area contributed by atoms with Gasteiger partial charge in [0.1, 0.15) is 5.00 Å². The van der Waals surface area contributed by atoms with Crippen LogP contribution < -0.4 is 16.6 Å². The number of carbonyl (C=O) groups excluding carboxylic acids is 2. The van der Waals surface area contributed by atoms with Crippen LogP contribution in [0.5, 0.6) is 0 Å². The van der Waals surface area contributed by atoms with Gasteiger partial charge in [-0.3, -0.25) is 14.4 Å². The summed E-state index contributed by atoms with van der Waals surface area (Å²) in [7, 11) is 0. The molecule has 0 radical (unpaired) electrons. The summed E-state index contributed by atoms with van der Waals surface area (Å²) < 4.78 is 1.31. The zero-order chi connectivity index (χ0) is 21.6. The highest BCUT2D eigenvalue weighted by Gasteiger charge is 2.28. The Bertz CT molecular complexity index is 1230. The monoisotopic (exact) mass is 424 g/mol. The maximum absolute atomic E-state index is 13.2. The second kappa shape index (κ2) is 7.68. The van der Waals surface area contributed by atoms with Gasteiger partial charge in [-0.2, -0.15) is 5.10 Å². The first-order valence-electron chi connectivity index (χ1n) is 10.0. The summed E-state index contributed by atoms with van der Waals surface area (Å²) in [5.74, 6) is -0.474. The van der Waals surface area contributed by atoms with Crippen molar-refractivity contribution >= 4 is 38.9 Å². The van der Waals surface area contributed by atoms with Crippen molar-refractivity contribution in [1.29, 1.82) is 0 Å². The van der Waals surface area contributed by atoms with Crippen molar-refractivity contribution in [3.63, 3.8) is 0 Å². The number of hydrogen-bond donors (Lipinski definition) is 2. The smallest absolute Gasteiger partial charge is 0.277 e. The summed E-state index contributed by atoms with van der Waals surface area (Å²) in [6.07, 6.45) is 2.64. The van der Waals surface area contributed by atoms with Gasteiger partial charge < -0.3 is 11.1 Å². The first-order valence-corrected chi connectivity index (χ1v) is 10.9. The molecular formula is C22H24N4O3S. The molecule has 3 N–H and O–H groups in total. The van der Waals surface area contributed by atoms with Crippen LogP contribution in [0.2, 0.25) is 0 Å². The van der Waals surface area contributed by atoms with Crippen molar-refractivity contribution in [3.05, 3.63) is 56.3 Å². The second-order valence-corrected chi connectivity index (χ2v) is 9.22. The topological polar surface area (TPSA) is 107 Å². The van der Waals surface area contributed by atoms with Crippen molar-refractivity contribution in [2.45, 2.75) is 46.1 Å². The van der Waals surface area contributed by atoms with E-state index in [1.54, 1.807) is 24.3 Å². The molecule has 7 nitrogen and oxygen atoms in total. The van der Waals surface area contributed by atoms with Crippen molar-refractivity contribution in [1.82, 2.24) is 9.78 Å². The lowest BCUT2D eigenvalue weighted by atomic mass is 9.88. The molecule has 0 saturated heterocycles. The summed E-state index contributed by atoms with van der Waals surface area (Å²) >= 11 is 1.41. The van der Waals surface area contributed by atoms with Gasteiger partial charge in [-0.1, -0.05) is 25.1 Å². The number of primary amides is 1. The number of carbonyl (C=O) groups is 2. The fourth-order valence-electron chi connectivity index (χ4n) is 3.99. The van der Waals surface area contributed by atoms with Crippen molar-refractivity contribution in [2.75, 3.05) is 5.32 Å². The van der Waals surface area contributed by atoms with Crippen LogP contribution in [0.4, 0.5) is 5.00 Å². The van der Waals surface area contributed by atoms with Crippen LogP contribution >= 0.6 is 11.3 Å². The molecule has 0 spiro atoms. The Morgan fingerprint density at radius 2 is 1.97 bits per heavy atom. The van der Waals surface area contributed by atoms with E-state index in [2.05, 4.69) is 17.3 Å². The number of fused-ring (bicyclic) bond motifs is 2. The van der Waals surface area contributed by atoms with E-state index in [0.29, 0.717) is 27.3 Å². The van der Waals surface area contributed by atoms with Gasteiger partial charge in [0.25, 0.3) is 17.4 Å². The fourth-order valence-corrected chi connectivity index (χ4v) is 5.40. The number of aromatic nitrogens is 2. The third-order valence-corrected chi connectivity index (χ3v) is 6.69. The summed E-state index contributed by atoms with van der Waals surface area (Å²) in [4.78, 5) is 39.2. The van der Waals surface area contributed by atoms with Gasteiger partial charge in [0.15, 0.2) is 5.69 Å². The summed E-state index contributed by atoms with van der Waals surface area (Å²) in [6, 6.07) is 6.72. The molecule has 1 atom stereocenters. The Labute approximate surface area is 177 Å². The maximum atomic E-state index is 13.2. The van der Waals surface area contributed by atoms with Crippen LogP contribution in [0.15, 0.2) is 29.1 Å². The molecule has 156 valence electrons. The normalized spacial score (nSPS) is 15.9. The van der Waals surface area contributed by atoms with Crippen LogP contribution in [0, 0.1) is 5.92 Å². The summed E-state index contributed by atoms with van der Waals surface area (Å²) in [5.41, 5.74) is 6.92. The van der Waals surface area contributed by atoms with Crippen LogP contribution in [-0.4, -0.2) is 21.6 Å². The molecule has 0 saturated carbocycles. The number of thiophene rings is 1. The van der Waals surface area contributed by atoms with Crippen LogP contribution in [0.3, 0.4) is 0 Å². The number of nitrogens with one attached hydrogen (secondary N) is 1. The van der Waals surface area contributed by atoms with Gasteiger partial charge in [0, 0.05) is 10.3 Å². The third-order valence-electron chi connectivity index (χ3n) is 5.52. The fraction of sp³-hybridized carbons (Fsp3) is 0.364. The molecule has 3 aromatic rings. The van der Waals surface area contributed by atoms with E-state index in [1.807, 2.05) is 13.8 Å². The minimum absolute atomic E-state index is 0.147. The minimum atomic E-state index is -0.540. The van der Waals surface area contributed by atoms with E-state index in [0.717, 1.165) is 29.7 Å². The number of rotatable bonds is 4. The Balaban J connectivity index is 1.81. The lowest BCUT2D eigenvalue weighted by Crippen LogP contribution is -2.29. The van der Waals surface area contributed by atoms with E-state index in [1.165, 1.54) is 16.0 Å². The van der Waals surface area contributed by atoms with Crippen LogP contribution in [-0.2, 0) is 12.8 Å². The van der Waals surface area contributed by atoms with Crippen LogP contribution in [0.25, 0.3) is 10.8 Å². The van der Waals surface area contributed by atoms with E-state index in [4.69, 9.17) is 5.73 Å². The quantitative estimate of drug-likeness (QED) is 0.668. The Hall–Kier alpha value is -3.00. The molecular weight excluding hydrogens is 400 g/mol. The number of nitrogens with two attached hydrogens (primary N) is 1. The van der Waals surface area contributed by atoms with Crippen molar-refractivity contribution < 1.29 is 9.59 Å². The van der Waals surface area contributed by atoms with Gasteiger partial charge >= 0.3 is 0 Å². The number of hydrogen-bond acceptors (Lipinski definition) is 5. The molecule has 0 aliphatic heterocycles. The van der Waals surface area contributed by atoms with Crippen molar-refractivity contribution in [2.24, 2.45) is 11.7 Å². The lowest BCUT2D eigenvalue weighted by molar-refractivity contribution is 0.1000.